The summed E-state index contributed by atoms with van der Waals surface area (Å²) >= 11 is 0. The number of nitrogens with zero attached hydrogens (tertiary/aromatic N) is 2. The molecule has 5 nitrogen and oxygen atoms in total. The topological polar surface area (TPSA) is 66.1 Å². The monoisotopic (exact) mass is 263 g/mol. The number of sulfonamides is 1. The summed E-state index contributed by atoms with van der Waals surface area (Å²) in [5, 5.41) is 0.138. The van der Waals surface area contributed by atoms with Crippen LogP contribution < -0.4 is 4.31 Å². The van der Waals surface area contributed by atoms with Crippen molar-refractivity contribution in [1.29, 1.82) is 0 Å². The fourth-order valence-electron chi connectivity index (χ4n) is 2.25. The molecule has 0 atom stereocenters. The van der Waals surface area contributed by atoms with E-state index in [1.807, 2.05) is 24.3 Å². The number of aromatic nitrogens is 2. The number of H-pyrrole nitrogens is 1. The van der Waals surface area contributed by atoms with Gasteiger partial charge >= 0.3 is 0 Å². The maximum Gasteiger partial charge on any atom is 0.281 e. The van der Waals surface area contributed by atoms with Gasteiger partial charge in [-0.2, -0.15) is 8.42 Å². The summed E-state index contributed by atoms with van der Waals surface area (Å²) in [4.78, 5) is 6.44. The molecule has 0 spiro atoms. The zero-order chi connectivity index (χ0) is 12.6. The predicted molar refractivity (Wildman–Crippen MR) is 67.9 cm³/mol. The number of anilines is 1. The van der Waals surface area contributed by atoms with E-state index in [0.717, 1.165) is 24.1 Å². The van der Waals surface area contributed by atoms with Crippen LogP contribution in [0.1, 0.15) is 12.0 Å². The van der Waals surface area contributed by atoms with E-state index in [1.165, 1.54) is 16.8 Å². The quantitative estimate of drug-likeness (QED) is 0.894. The Bertz CT molecular complexity index is 650. The highest BCUT2D eigenvalue weighted by Gasteiger charge is 2.29. The van der Waals surface area contributed by atoms with E-state index in [0.29, 0.717) is 6.54 Å². The molecule has 0 bridgehead atoms. The first-order valence-corrected chi connectivity index (χ1v) is 7.22. The van der Waals surface area contributed by atoms with E-state index in [9.17, 15) is 8.42 Å². The summed E-state index contributed by atoms with van der Waals surface area (Å²) in [7, 11) is -3.52. The van der Waals surface area contributed by atoms with Crippen molar-refractivity contribution in [3.8, 4) is 0 Å². The van der Waals surface area contributed by atoms with E-state index in [-0.39, 0.29) is 5.03 Å². The molecule has 1 aromatic carbocycles. The maximum atomic E-state index is 12.5. The molecule has 1 aliphatic heterocycles. The van der Waals surface area contributed by atoms with E-state index >= 15 is 0 Å². The van der Waals surface area contributed by atoms with Gasteiger partial charge in [0, 0.05) is 6.54 Å². The average molecular weight is 263 g/mol. The molecule has 1 aliphatic rings. The van der Waals surface area contributed by atoms with Crippen molar-refractivity contribution in [3.05, 3.63) is 42.4 Å². The lowest BCUT2D eigenvalue weighted by atomic mass is 10.0. The first kappa shape index (κ1) is 11.3. The van der Waals surface area contributed by atoms with Crippen LogP contribution in [0.2, 0.25) is 0 Å². The Hall–Kier alpha value is -1.82. The van der Waals surface area contributed by atoms with Crippen molar-refractivity contribution in [3.63, 3.8) is 0 Å². The van der Waals surface area contributed by atoms with Crippen LogP contribution in [0.5, 0.6) is 0 Å². The van der Waals surface area contributed by atoms with Crippen LogP contribution in [0.25, 0.3) is 0 Å². The lowest BCUT2D eigenvalue weighted by molar-refractivity contribution is 0.583. The molecule has 1 N–H and O–H groups in total. The minimum absolute atomic E-state index is 0.138. The Morgan fingerprint density at radius 3 is 2.89 bits per heavy atom. The van der Waals surface area contributed by atoms with Gasteiger partial charge in [-0.15, -0.1) is 0 Å². The molecule has 6 heteroatoms. The number of para-hydroxylation sites is 1. The van der Waals surface area contributed by atoms with Gasteiger partial charge < -0.3 is 4.98 Å². The molecule has 0 saturated carbocycles. The van der Waals surface area contributed by atoms with Crippen molar-refractivity contribution in [1.82, 2.24) is 9.97 Å². The van der Waals surface area contributed by atoms with Crippen molar-refractivity contribution >= 4 is 15.7 Å². The van der Waals surface area contributed by atoms with Gasteiger partial charge in [0.25, 0.3) is 10.0 Å². The molecular weight excluding hydrogens is 250 g/mol. The number of imidazole rings is 1. The molecule has 2 heterocycles. The number of aromatic amines is 1. The van der Waals surface area contributed by atoms with E-state index < -0.39 is 10.0 Å². The second kappa shape index (κ2) is 4.13. The number of fused-ring (bicyclic) bond motifs is 1. The summed E-state index contributed by atoms with van der Waals surface area (Å²) in [6.45, 7) is 0.512. The van der Waals surface area contributed by atoms with E-state index in [1.54, 1.807) is 0 Å². The average Bonchev–Trinajstić information content (AvgIpc) is 2.92. The summed E-state index contributed by atoms with van der Waals surface area (Å²) in [5.41, 5.74) is 1.85. The van der Waals surface area contributed by atoms with Gasteiger partial charge in [-0.3, -0.25) is 4.31 Å². The van der Waals surface area contributed by atoms with Crippen LogP contribution in [0.4, 0.5) is 5.69 Å². The molecule has 0 amide bonds. The van der Waals surface area contributed by atoms with Gasteiger partial charge in [0.15, 0.2) is 5.03 Å². The third-order valence-electron chi connectivity index (χ3n) is 3.11. The highest BCUT2D eigenvalue weighted by molar-refractivity contribution is 7.92. The highest BCUT2D eigenvalue weighted by Crippen LogP contribution is 2.30. The van der Waals surface area contributed by atoms with Crippen LogP contribution >= 0.6 is 0 Å². The van der Waals surface area contributed by atoms with Crippen molar-refractivity contribution < 1.29 is 8.42 Å². The van der Waals surface area contributed by atoms with Gasteiger partial charge in [0.05, 0.1) is 18.2 Å². The molecule has 0 saturated heterocycles. The predicted octanol–water partition coefficient (Wildman–Crippen LogP) is 1.55. The number of nitrogens with one attached hydrogen (secondary N) is 1. The molecule has 3 rings (SSSR count). The Labute approximate surface area is 106 Å². The smallest absolute Gasteiger partial charge is 0.281 e. The van der Waals surface area contributed by atoms with Crippen molar-refractivity contribution in [2.75, 3.05) is 10.8 Å². The molecule has 1 aromatic heterocycles. The maximum absolute atomic E-state index is 12.5. The second-order valence-electron chi connectivity index (χ2n) is 4.23. The fourth-order valence-corrected chi connectivity index (χ4v) is 3.69. The number of rotatable bonds is 2. The van der Waals surface area contributed by atoms with Gasteiger partial charge in [0.1, 0.15) is 0 Å². The summed E-state index contributed by atoms with van der Waals surface area (Å²) in [6.07, 6.45) is 4.48. The standard InChI is InChI=1S/C12H13N3O2S/c16-18(17,12-8-13-9-14-12)15-7-3-5-10-4-1-2-6-11(10)15/h1-2,4,6,8-9H,3,5,7H2,(H,13,14). The van der Waals surface area contributed by atoms with Gasteiger partial charge in [-0.05, 0) is 24.5 Å². The molecule has 0 unspecified atom stereocenters. The van der Waals surface area contributed by atoms with Crippen LogP contribution in [0.15, 0.2) is 41.8 Å². The van der Waals surface area contributed by atoms with Gasteiger partial charge in [0.2, 0.25) is 0 Å². The Morgan fingerprint density at radius 1 is 1.28 bits per heavy atom. The summed E-state index contributed by atoms with van der Waals surface area (Å²) in [6, 6.07) is 7.62. The summed E-state index contributed by atoms with van der Waals surface area (Å²) < 4.78 is 26.4. The SMILES string of the molecule is O=S(=O)(c1cnc[nH]1)N1CCCc2ccccc21. The summed E-state index contributed by atoms with van der Waals surface area (Å²) in [5.74, 6) is 0. The normalized spacial score (nSPS) is 15.4. The first-order chi connectivity index (χ1) is 8.69. The second-order valence-corrected chi connectivity index (χ2v) is 6.06. The minimum atomic E-state index is -3.52. The minimum Gasteiger partial charge on any atom is -0.334 e. The lowest BCUT2D eigenvalue weighted by Crippen LogP contribution is -2.35. The van der Waals surface area contributed by atoms with E-state index in [2.05, 4.69) is 9.97 Å². The molecule has 94 valence electrons. The zero-order valence-electron chi connectivity index (χ0n) is 9.70. The van der Waals surface area contributed by atoms with Gasteiger partial charge in [-0.1, -0.05) is 18.2 Å². The largest absolute Gasteiger partial charge is 0.334 e. The Kier molecular flexibility index (Phi) is 2.59. The fraction of sp³-hybridized carbons (Fsp3) is 0.250. The van der Waals surface area contributed by atoms with Crippen LogP contribution in [-0.2, 0) is 16.4 Å². The van der Waals surface area contributed by atoms with Crippen LogP contribution in [-0.4, -0.2) is 24.9 Å². The first-order valence-electron chi connectivity index (χ1n) is 5.78. The Morgan fingerprint density at radius 2 is 2.11 bits per heavy atom. The third kappa shape index (κ3) is 1.69. The number of aryl methyl sites for hydroxylation is 1. The van der Waals surface area contributed by atoms with Crippen molar-refractivity contribution in [2.45, 2.75) is 17.9 Å². The molecular formula is C12H13N3O2S. The van der Waals surface area contributed by atoms with Crippen LogP contribution in [0, 0.1) is 0 Å². The van der Waals surface area contributed by atoms with Crippen LogP contribution in [0.3, 0.4) is 0 Å². The number of benzene rings is 1. The van der Waals surface area contributed by atoms with Gasteiger partial charge in [-0.25, -0.2) is 4.98 Å². The number of hydrogen-bond acceptors (Lipinski definition) is 3. The molecule has 0 radical (unpaired) electrons. The molecule has 2 aromatic rings. The third-order valence-corrected chi connectivity index (χ3v) is 4.85. The highest BCUT2D eigenvalue weighted by atomic mass is 32.2. The molecule has 18 heavy (non-hydrogen) atoms. The number of hydrogen-bond donors (Lipinski definition) is 1. The van der Waals surface area contributed by atoms with Crippen molar-refractivity contribution in [2.24, 2.45) is 0 Å². The lowest BCUT2D eigenvalue weighted by Gasteiger charge is -2.29. The Balaban J connectivity index is 2.10. The zero-order valence-corrected chi connectivity index (χ0v) is 10.5. The van der Waals surface area contributed by atoms with E-state index in [4.69, 9.17) is 0 Å². The molecule has 0 aliphatic carbocycles. The molecule has 0 fully saturated rings.